The van der Waals surface area contributed by atoms with E-state index in [1.165, 1.54) is 0 Å². The Morgan fingerprint density at radius 2 is 2.23 bits per heavy atom. The molecule has 0 aromatic heterocycles. The zero-order chi connectivity index (χ0) is 9.84. The molecule has 0 radical (unpaired) electrons. The number of ether oxygens (including phenoxy) is 1. The quantitative estimate of drug-likeness (QED) is 0.886. The van der Waals surface area contributed by atoms with Crippen LogP contribution in [0.5, 0.6) is 0 Å². The molecule has 1 atom stereocenters. The molecule has 13 heavy (non-hydrogen) atoms. The van der Waals surface area contributed by atoms with Gasteiger partial charge in [0.1, 0.15) is 6.10 Å². The molecule has 1 aromatic carbocycles. The third-order valence-corrected chi connectivity index (χ3v) is 2.85. The predicted octanol–water partition coefficient (Wildman–Crippen LogP) is 2.44. The molecule has 0 aliphatic carbocycles. The lowest BCUT2D eigenvalue weighted by atomic mass is 10.0. The highest BCUT2D eigenvalue weighted by molar-refractivity contribution is 9.10. The highest BCUT2D eigenvalue weighted by atomic mass is 79.9. The summed E-state index contributed by atoms with van der Waals surface area (Å²) in [7, 11) is 1.58. The Balaban J connectivity index is 2.93. The van der Waals surface area contributed by atoms with Crippen molar-refractivity contribution >= 4 is 15.9 Å². The van der Waals surface area contributed by atoms with Gasteiger partial charge in [-0.2, -0.15) is 0 Å². The molecule has 0 fully saturated rings. The SMILES string of the molecule is COCC(O)c1cccc(Br)c1C. The summed E-state index contributed by atoms with van der Waals surface area (Å²) < 4.78 is 5.90. The Hall–Kier alpha value is -0.380. The van der Waals surface area contributed by atoms with Crippen LogP contribution in [0.4, 0.5) is 0 Å². The summed E-state index contributed by atoms with van der Waals surface area (Å²) in [6.07, 6.45) is -0.539. The lowest BCUT2D eigenvalue weighted by molar-refractivity contribution is 0.0640. The molecule has 3 heteroatoms. The molecule has 1 aromatic rings. The Bertz CT molecular complexity index is 286. The minimum Gasteiger partial charge on any atom is -0.386 e. The first-order chi connectivity index (χ1) is 6.16. The van der Waals surface area contributed by atoms with Crippen molar-refractivity contribution < 1.29 is 9.84 Å². The lowest BCUT2D eigenvalue weighted by Gasteiger charge is -2.13. The summed E-state index contributed by atoms with van der Waals surface area (Å²) in [5, 5.41) is 9.68. The van der Waals surface area contributed by atoms with Crippen molar-refractivity contribution in [2.45, 2.75) is 13.0 Å². The van der Waals surface area contributed by atoms with E-state index in [1.807, 2.05) is 25.1 Å². The van der Waals surface area contributed by atoms with Crippen LogP contribution in [0.3, 0.4) is 0 Å². The summed E-state index contributed by atoms with van der Waals surface area (Å²) in [5.74, 6) is 0. The number of benzene rings is 1. The number of halogens is 1. The second-order valence-corrected chi connectivity index (χ2v) is 3.78. The molecule has 1 N–H and O–H groups in total. The number of aliphatic hydroxyl groups is 1. The summed E-state index contributed by atoms with van der Waals surface area (Å²) in [4.78, 5) is 0. The monoisotopic (exact) mass is 244 g/mol. The molecule has 0 spiro atoms. The third-order valence-electron chi connectivity index (χ3n) is 1.99. The van der Waals surface area contributed by atoms with E-state index in [0.717, 1.165) is 15.6 Å². The fourth-order valence-electron chi connectivity index (χ4n) is 1.23. The largest absolute Gasteiger partial charge is 0.386 e. The van der Waals surface area contributed by atoms with Crippen molar-refractivity contribution in [2.24, 2.45) is 0 Å². The first kappa shape index (κ1) is 10.7. The fourth-order valence-corrected chi connectivity index (χ4v) is 1.61. The highest BCUT2D eigenvalue weighted by Gasteiger charge is 2.10. The maximum atomic E-state index is 9.68. The van der Waals surface area contributed by atoms with Crippen molar-refractivity contribution in [3.63, 3.8) is 0 Å². The first-order valence-electron chi connectivity index (χ1n) is 4.09. The van der Waals surface area contributed by atoms with Gasteiger partial charge in [-0.25, -0.2) is 0 Å². The Labute approximate surface area is 86.7 Å². The number of aliphatic hydroxyl groups excluding tert-OH is 1. The molecule has 0 saturated carbocycles. The predicted molar refractivity (Wildman–Crippen MR) is 55.7 cm³/mol. The summed E-state index contributed by atoms with van der Waals surface area (Å²) in [5.41, 5.74) is 1.98. The minimum atomic E-state index is -0.539. The smallest absolute Gasteiger partial charge is 0.103 e. The van der Waals surface area contributed by atoms with Gasteiger partial charge >= 0.3 is 0 Å². The molecule has 2 nitrogen and oxygen atoms in total. The van der Waals surface area contributed by atoms with Gasteiger partial charge in [-0.05, 0) is 24.1 Å². The van der Waals surface area contributed by atoms with Crippen molar-refractivity contribution in [1.29, 1.82) is 0 Å². The fraction of sp³-hybridized carbons (Fsp3) is 0.400. The Morgan fingerprint density at radius 3 is 2.85 bits per heavy atom. The zero-order valence-electron chi connectivity index (χ0n) is 7.75. The third kappa shape index (κ3) is 2.53. The molecular weight excluding hydrogens is 232 g/mol. The van der Waals surface area contributed by atoms with E-state index in [0.29, 0.717) is 6.61 Å². The number of hydrogen-bond donors (Lipinski definition) is 1. The standard InChI is InChI=1S/C10H13BrO2/c1-7-8(10(12)6-13-2)4-3-5-9(7)11/h3-5,10,12H,6H2,1-2H3. The molecule has 0 bridgehead atoms. The van der Waals surface area contributed by atoms with Gasteiger partial charge in [-0.15, -0.1) is 0 Å². The maximum absolute atomic E-state index is 9.68. The van der Waals surface area contributed by atoms with E-state index < -0.39 is 6.10 Å². The zero-order valence-corrected chi connectivity index (χ0v) is 9.34. The van der Waals surface area contributed by atoms with E-state index >= 15 is 0 Å². The van der Waals surface area contributed by atoms with Gasteiger partial charge < -0.3 is 9.84 Å². The second kappa shape index (κ2) is 4.74. The maximum Gasteiger partial charge on any atom is 0.103 e. The minimum absolute atomic E-state index is 0.331. The van der Waals surface area contributed by atoms with Crippen LogP contribution < -0.4 is 0 Å². The molecule has 0 amide bonds. The number of rotatable bonds is 3. The van der Waals surface area contributed by atoms with E-state index in [-0.39, 0.29) is 0 Å². The van der Waals surface area contributed by atoms with Gasteiger partial charge in [0, 0.05) is 11.6 Å². The van der Waals surface area contributed by atoms with Gasteiger partial charge in [0.2, 0.25) is 0 Å². The van der Waals surface area contributed by atoms with Gasteiger partial charge in [0.05, 0.1) is 6.61 Å². The highest BCUT2D eigenvalue weighted by Crippen LogP contribution is 2.24. The van der Waals surface area contributed by atoms with E-state index in [1.54, 1.807) is 7.11 Å². The summed E-state index contributed by atoms with van der Waals surface area (Å²) in [6.45, 7) is 2.30. The van der Waals surface area contributed by atoms with Crippen LogP contribution >= 0.6 is 15.9 Å². The van der Waals surface area contributed by atoms with Crippen molar-refractivity contribution in [3.05, 3.63) is 33.8 Å². The normalized spacial score (nSPS) is 12.9. The van der Waals surface area contributed by atoms with Crippen LogP contribution in [0.15, 0.2) is 22.7 Å². The summed E-state index contributed by atoms with van der Waals surface area (Å²) in [6, 6.07) is 5.77. The lowest BCUT2D eigenvalue weighted by Crippen LogP contribution is -2.06. The average Bonchev–Trinajstić information content (AvgIpc) is 2.10. The van der Waals surface area contributed by atoms with Gasteiger partial charge in [-0.3, -0.25) is 0 Å². The van der Waals surface area contributed by atoms with Crippen LogP contribution in [0, 0.1) is 6.92 Å². The van der Waals surface area contributed by atoms with Gasteiger partial charge in [0.15, 0.2) is 0 Å². The number of hydrogen-bond acceptors (Lipinski definition) is 2. The van der Waals surface area contributed by atoms with Crippen LogP contribution in [-0.2, 0) is 4.74 Å². The molecule has 0 heterocycles. The molecule has 72 valence electrons. The summed E-state index contributed by atoms with van der Waals surface area (Å²) >= 11 is 3.41. The molecule has 1 rings (SSSR count). The van der Waals surface area contributed by atoms with E-state index in [2.05, 4.69) is 15.9 Å². The van der Waals surface area contributed by atoms with Crippen molar-refractivity contribution in [1.82, 2.24) is 0 Å². The van der Waals surface area contributed by atoms with Crippen LogP contribution in [0.1, 0.15) is 17.2 Å². The Morgan fingerprint density at radius 1 is 1.54 bits per heavy atom. The topological polar surface area (TPSA) is 29.5 Å². The van der Waals surface area contributed by atoms with Gasteiger partial charge in [-0.1, -0.05) is 28.1 Å². The Kier molecular flexibility index (Phi) is 3.90. The number of methoxy groups -OCH3 is 1. The van der Waals surface area contributed by atoms with Crippen molar-refractivity contribution in [2.75, 3.05) is 13.7 Å². The second-order valence-electron chi connectivity index (χ2n) is 2.93. The van der Waals surface area contributed by atoms with Gasteiger partial charge in [0.25, 0.3) is 0 Å². The molecule has 0 aliphatic rings. The molecule has 0 aliphatic heterocycles. The van der Waals surface area contributed by atoms with Crippen LogP contribution in [0.25, 0.3) is 0 Å². The molecule has 1 unspecified atom stereocenters. The average molecular weight is 245 g/mol. The molecular formula is C10H13BrO2. The van der Waals surface area contributed by atoms with Crippen molar-refractivity contribution in [3.8, 4) is 0 Å². The first-order valence-corrected chi connectivity index (χ1v) is 4.88. The molecule has 0 saturated heterocycles. The van der Waals surface area contributed by atoms with E-state index in [4.69, 9.17) is 4.74 Å². The van der Waals surface area contributed by atoms with Crippen LogP contribution in [0.2, 0.25) is 0 Å². The van der Waals surface area contributed by atoms with E-state index in [9.17, 15) is 5.11 Å². The van der Waals surface area contributed by atoms with Crippen LogP contribution in [-0.4, -0.2) is 18.8 Å².